The van der Waals surface area contributed by atoms with Crippen LogP contribution < -0.4 is 0 Å². The van der Waals surface area contributed by atoms with E-state index in [1.54, 1.807) is 0 Å². The van der Waals surface area contributed by atoms with Gasteiger partial charge in [0.1, 0.15) is 4.84 Å². The van der Waals surface area contributed by atoms with Crippen LogP contribution in [-0.2, 0) is 6.18 Å². The molecular weight excluding hydrogens is 270 g/mol. The predicted molar refractivity (Wildman–Crippen MR) is 52.5 cm³/mol. The molecule has 0 N–H and O–H groups in total. The Bertz CT molecular complexity index is 420. The number of hydrogen-bond donors (Lipinski definition) is 0. The molecule has 0 heterocycles. The first-order valence-electron chi connectivity index (χ1n) is 3.87. The maximum absolute atomic E-state index is 12.3. The van der Waals surface area contributed by atoms with E-state index in [0.717, 1.165) is 6.07 Å². The molecular formula is C8H4Cl2F3NO2. The van der Waals surface area contributed by atoms with Gasteiger partial charge in [0.25, 0.3) is 5.69 Å². The Morgan fingerprint density at radius 3 is 2.25 bits per heavy atom. The number of hydrogen-bond acceptors (Lipinski definition) is 2. The number of benzene rings is 1. The summed E-state index contributed by atoms with van der Waals surface area (Å²) in [4.78, 5) is 8.32. The van der Waals surface area contributed by atoms with E-state index in [0.29, 0.717) is 12.1 Å². The van der Waals surface area contributed by atoms with Crippen LogP contribution in [0.2, 0.25) is 0 Å². The fourth-order valence-electron chi connectivity index (χ4n) is 1.06. The highest BCUT2D eigenvalue weighted by Gasteiger charge is 2.33. The highest BCUT2D eigenvalue weighted by molar-refractivity contribution is 6.44. The van der Waals surface area contributed by atoms with Crippen LogP contribution in [-0.4, -0.2) is 4.92 Å². The van der Waals surface area contributed by atoms with Gasteiger partial charge < -0.3 is 0 Å². The first-order chi connectivity index (χ1) is 7.23. The molecule has 0 radical (unpaired) electrons. The molecule has 8 heteroatoms. The molecule has 0 spiro atoms. The lowest BCUT2D eigenvalue weighted by atomic mass is 10.1. The number of nitrogens with zero attached hydrogens (tertiary/aromatic N) is 1. The molecule has 3 nitrogen and oxygen atoms in total. The Balaban J connectivity index is 3.34. The first kappa shape index (κ1) is 13.1. The Morgan fingerprint density at radius 2 is 1.88 bits per heavy atom. The zero-order valence-corrected chi connectivity index (χ0v) is 8.97. The first-order valence-corrected chi connectivity index (χ1v) is 4.74. The third kappa shape index (κ3) is 2.76. The number of alkyl halides is 5. The lowest BCUT2D eigenvalue weighted by Gasteiger charge is -2.08. The van der Waals surface area contributed by atoms with E-state index in [1.807, 2.05) is 0 Å². The molecule has 0 atom stereocenters. The highest BCUT2D eigenvalue weighted by atomic mass is 35.5. The van der Waals surface area contributed by atoms with Crippen molar-refractivity contribution in [3.05, 3.63) is 39.4 Å². The molecule has 0 saturated heterocycles. The van der Waals surface area contributed by atoms with Crippen LogP contribution in [0.3, 0.4) is 0 Å². The summed E-state index contributed by atoms with van der Waals surface area (Å²) in [5, 5.41) is 10.5. The van der Waals surface area contributed by atoms with Crippen molar-refractivity contribution in [3.8, 4) is 0 Å². The topological polar surface area (TPSA) is 43.1 Å². The van der Waals surface area contributed by atoms with E-state index in [4.69, 9.17) is 23.2 Å². The van der Waals surface area contributed by atoms with E-state index in [1.165, 1.54) is 0 Å². The quantitative estimate of drug-likeness (QED) is 0.463. The van der Waals surface area contributed by atoms with Crippen molar-refractivity contribution in [2.75, 3.05) is 0 Å². The van der Waals surface area contributed by atoms with Crippen LogP contribution in [0.5, 0.6) is 0 Å². The minimum atomic E-state index is -4.64. The van der Waals surface area contributed by atoms with Crippen molar-refractivity contribution in [1.29, 1.82) is 0 Å². The van der Waals surface area contributed by atoms with Crippen molar-refractivity contribution < 1.29 is 18.1 Å². The van der Waals surface area contributed by atoms with Gasteiger partial charge in [-0.1, -0.05) is 23.2 Å². The van der Waals surface area contributed by atoms with Gasteiger partial charge in [0.15, 0.2) is 0 Å². The van der Waals surface area contributed by atoms with Crippen LogP contribution in [0.4, 0.5) is 18.9 Å². The monoisotopic (exact) mass is 273 g/mol. The molecule has 1 aromatic carbocycles. The van der Waals surface area contributed by atoms with Crippen molar-refractivity contribution in [2.24, 2.45) is 0 Å². The molecule has 0 aliphatic carbocycles. The van der Waals surface area contributed by atoms with E-state index in [9.17, 15) is 23.3 Å². The summed E-state index contributed by atoms with van der Waals surface area (Å²) < 4.78 is 36.8. The van der Waals surface area contributed by atoms with Crippen LogP contribution in [0.1, 0.15) is 16.0 Å². The summed E-state index contributed by atoms with van der Waals surface area (Å²) in [6, 6.07) is 2.00. The van der Waals surface area contributed by atoms with Gasteiger partial charge in [-0.25, -0.2) is 0 Å². The Hall–Kier alpha value is -1.01. The molecule has 0 amide bonds. The Morgan fingerprint density at radius 1 is 1.31 bits per heavy atom. The number of rotatable bonds is 2. The normalized spacial score (nSPS) is 11.9. The molecule has 88 valence electrons. The molecule has 0 unspecified atom stereocenters. The summed E-state index contributed by atoms with van der Waals surface area (Å²) in [5.74, 6) is 0. The molecule has 0 saturated carbocycles. The van der Waals surface area contributed by atoms with Gasteiger partial charge in [-0.3, -0.25) is 10.1 Å². The second-order valence-corrected chi connectivity index (χ2v) is 3.93. The molecule has 1 aromatic rings. The second kappa shape index (κ2) is 4.47. The molecule has 0 aromatic heterocycles. The smallest absolute Gasteiger partial charge is 0.258 e. The van der Waals surface area contributed by atoms with Gasteiger partial charge in [0, 0.05) is 6.07 Å². The van der Waals surface area contributed by atoms with E-state index >= 15 is 0 Å². The zero-order chi connectivity index (χ0) is 12.5. The summed E-state index contributed by atoms with van der Waals surface area (Å²) in [6.45, 7) is 0. The Kier molecular flexibility index (Phi) is 3.64. The van der Waals surface area contributed by atoms with E-state index < -0.39 is 27.2 Å². The molecule has 0 fully saturated rings. The number of nitro groups is 1. The maximum atomic E-state index is 12.3. The summed E-state index contributed by atoms with van der Waals surface area (Å²) in [5.41, 5.74) is -2.02. The van der Waals surface area contributed by atoms with Gasteiger partial charge in [-0.15, -0.1) is 0 Å². The van der Waals surface area contributed by atoms with Gasteiger partial charge >= 0.3 is 6.18 Å². The van der Waals surface area contributed by atoms with Gasteiger partial charge in [-0.2, -0.15) is 13.2 Å². The van der Waals surface area contributed by atoms with Gasteiger partial charge in [-0.05, 0) is 12.1 Å². The van der Waals surface area contributed by atoms with Crippen molar-refractivity contribution in [3.63, 3.8) is 0 Å². The number of nitro benzene ring substituents is 1. The van der Waals surface area contributed by atoms with Crippen LogP contribution in [0.25, 0.3) is 0 Å². The molecule has 0 aliphatic rings. The van der Waals surface area contributed by atoms with Crippen LogP contribution >= 0.6 is 23.2 Å². The molecule has 16 heavy (non-hydrogen) atoms. The molecule has 0 aliphatic heterocycles. The minimum Gasteiger partial charge on any atom is -0.258 e. The average molecular weight is 274 g/mol. The Labute approximate surface area is 97.9 Å². The predicted octanol–water partition coefficient (Wildman–Crippen LogP) is 4.09. The fraction of sp³-hybridized carbons (Fsp3) is 0.250. The zero-order valence-electron chi connectivity index (χ0n) is 7.46. The fourth-order valence-corrected chi connectivity index (χ4v) is 1.43. The lowest BCUT2D eigenvalue weighted by molar-refractivity contribution is -0.385. The maximum Gasteiger partial charge on any atom is 0.416 e. The SMILES string of the molecule is O=[N+]([O-])c1cc(C(F)(F)F)ccc1C(Cl)Cl. The third-order valence-corrected chi connectivity index (χ3v) is 2.26. The second-order valence-electron chi connectivity index (χ2n) is 2.83. The van der Waals surface area contributed by atoms with Gasteiger partial charge in [0.2, 0.25) is 0 Å². The van der Waals surface area contributed by atoms with Crippen molar-refractivity contribution in [1.82, 2.24) is 0 Å². The van der Waals surface area contributed by atoms with E-state index in [-0.39, 0.29) is 5.56 Å². The molecule has 0 bridgehead atoms. The average Bonchev–Trinajstić information content (AvgIpc) is 2.15. The van der Waals surface area contributed by atoms with Crippen LogP contribution in [0, 0.1) is 10.1 Å². The number of halogens is 5. The standard InChI is InChI=1S/C8H4Cl2F3NO2/c9-7(10)5-2-1-4(8(11,12)13)3-6(5)14(15)16/h1-3,7H. The van der Waals surface area contributed by atoms with Crippen molar-refractivity contribution >= 4 is 28.9 Å². The highest BCUT2D eigenvalue weighted by Crippen LogP contribution is 2.37. The molecule has 1 rings (SSSR count). The van der Waals surface area contributed by atoms with Crippen molar-refractivity contribution in [2.45, 2.75) is 11.0 Å². The summed E-state index contributed by atoms with van der Waals surface area (Å²) in [6.07, 6.45) is -4.64. The van der Waals surface area contributed by atoms with Crippen LogP contribution in [0.15, 0.2) is 18.2 Å². The summed E-state index contributed by atoms with van der Waals surface area (Å²) in [7, 11) is 0. The third-order valence-electron chi connectivity index (χ3n) is 1.79. The minimum absolute atomic E-state index is 0.165. The summed E-state index contributed by atoms with van der Waals surface area (Å²) >= 11 is 10.8. The lowest BCUT2D eigenvalue weighted by Crippen LogP contribution is -2.06. The largest absolute Gasteiger partial charge is 0.416 e. The van der Waals surface area contributed by atoms with Gasteiger partial charge in [0.05, 0.1) is 16.1 Å². The van der Waals surface area contributed by atoms with E-state index in [2.05, 4.69) is 0 Å².